The second kappa shape index (κ2) is 5.15. The molecule has 1 amide bonds. The van der Waals surface area contributed by atoms with E-state index in [9.17, 15) is 22.8 Å². The standard InChI is InChI=1S/C13H12F3NO3/c14-13(15,16)9-3-1-2-8(6-9)7-17-10(12(19)20)4-5-11(17)18/h1-3,6,10H,4-5,7H2,(H,19,20)/t10-/m1/s1. The van der Waals surface area contributed by atoms with Crippen LogP contribution in [0.5, 0.6) is 0 Å². The zero-order chi connectivity index (χ0) is 14.9. The Morgan fingerprint density at radius 3 is 2.70 bits per heavy atom. The average molecular weight is 287 g/mol. The molecule has 1 atom stereocenters. The van der Waals surface area contributed by atoms with Crippen molar-refractivity contribution in [3.63, 3.8) is 0 Å². The topological polar surface area (TPSA) is 57.6 Å². The first-order chi connectivity index (χ1) is 9.29. The first kappa shape index (κ1) is 14.4. The molecule has 1 aromatic carbocycles. The average Bonchev–Trinajstić information content (AvgIpc) is 2.70. The molecule has 1 N–H and O–H groups in total. The number of aliphatic carboxylic acids is 1. The van der Waals surface area contributed by atoms with Crippen molar-refractivity contribution in [2.45, 2.75) is 31.6 Å². The van der Waals surface area contributed by atoms with E-state index in [1.54, 1.807) is 0 Å². The largest absolute Gasteiger partial charge is 0.480 e. The molecule has 4 nitrogen and oxygen atoms in total. The van der Waals surface area contributed by atoms with Crippen molar-refractivity contribution >= 4 is 11.9 Å². The van der Waals surface area contributed by atoms with Gasteiger partial charge in [-0.1, -0.05) is 12.1 Å². The van der Waals surface area contributed by atoms with E-state index >= 15 is 0 Å². The van der Waals surface area contributed by atoms with Gasteiger partial charge in [0.05, 0.1) is 5.56 Å². The van der Waals surface area contributed by atoms with Crippen LogP contribution in [-0.2, 0) is 22.3 Å². The summed E-state index contributed by atoms with van der Waals surface area (Å²) in [6.07, 6.45) is -4.17. The maximum atomic E-state index is 12.6. The molecule has 0 radical (unpaired) electrons. The second-order valence-corrected chi connectivity index (χ2v) is 4.61. The Morgan fingerprint density at radius 1 is 1.40 bits per heavy atom. The third kappa shape index (κ3) is 2.92. The number of amides is 1. The summed E-state index contributed by atoms with van der Waals surface area (Å²) < 4.78 is 37.8. The Kier molecular flexibility index (Phi) is 3.69. The Bertz CT molecular complexity index is 542. The number of likely N-dealkylation sites (tertiary alicyclic amines) is 1. The van der Waals surface area contributed by atoms with Gasteiger partial charge in [0.1, 0.15) is 6.04 Å². The summed E-state index contributed by atoms with van der Waals surface area (Å²) in [7, 11) is 0. The van der Waals surface area contributed by atoms with Gasteiger partial charge >= 0.3 is 12.1 Å². The van der Waals surface area contributed by atoms with Crippen molar-refractivity contribution in [3.05, 3.63) is 35.4 Å². The van der Waals surface area contributed by atoms with Gasteiger partial charge < -0.3 is 10.0 Å². The smallest absolute Gasteiger partial charge is 0.416 e. The molecule has 0 aliphatic carbocycles. The normalized spacial score (nSPS) is 19.4. The van der Waals surface area contributed by atoms with E-state index in [-0.39, 0.29) is 30.9 Å². The molecule has 2 rings (SSSR count). The van der Waals surface area contributed by atoms with Crippen LogP contribution < -0.4 is 0 Å². The third-order valence-corrected chi connectivity index (χ3v) is 3.22. The van der Waals surface area contributed by atoms with Crippen LogP contribution in [0.1, 0.15) is 24.0 Å². The molecule has 1 aromatic rings. The van der Waals surface area contributed by atoms with Crippen molar-refractivity contribution in [1.82, 2.24) is 4.90 Å². The predicted molar refractivity (Wildman–Crippen MR) is 62.7 cm³/mol. The lowest BCUT2D eigenvalue weighted by Crippen LogP contribution is -2.37. The van der Waals surface area contributed by atoms with Crippen molar-refractivity contribution in [2.75, 3.05) is 0 Å². The number of nitrogens with zero attached hydrogens (tertiary/aromatic N) is 1. The Morgan fingerprint density at radius 2 is 2.10 bits per heavy atom. The highest BCUT2D eigenvalue weighted by Gasteiger charge is 2.36. The highest BCUT2D eigenvalue weighted by atomic mass is 19.4. The van der Waals surface area contributed by atoms with Gasteiger partial charge in [-0.05, 0) is 24.1 Å². The molecule has 0 spiro atoms. The number of rotatable bonds is 3. The van der Waals surface area contributed by atoms with E-state index < -0.39 is 23.8 Å². The van der Waals surface area contributed by atoms with Crippen molar-refractivity contribution in [2.24, 2.45) is 0 Å². The van der Waals surface area contributed by atoms with Crippen molar-refractivity contribution in [3.8, 4) is 0 Å². The molecule has 0 unspecified atom stereocenters. The van der Waals surface area contributed by atoms with Crippen LogP contribution in [0.2, 0.25) is 0 Å². The zero-order valence-electron chi connectivity index (χ0n) is 10.4. The van der Waals surface area contributed by atoms with E-state index in [0.29, 0.717) is 0 Å². The molecule has 0 bridgehead atoms. The van der Waals surface area contributed by atoms with Crippen molar-refractivity contribution in [1.29, 1.82) is 0 Å². The number of halogens is 3. The van der Waals surface area contributed by atoms with Crippen molar-refractivity contribution < 1.29 is 27.9 Å². The van der Waals surface area contributed by atoms with E-state index in [2.05, 4.69) is 0 Å². The zero-order valence-corrected chi connectivity index (χ0v) is 10.4. The highest BCUT2D eigenvalue weighted by Crippen LogP contribution is 2.30. The van der Waals surface area contributed by atoms with Gasteiger partial charge in [-0.25, -0.2) is 4.79 Å². The summed E-state index contributed by atoms with van der Waals surface area (Å²) in [5.41, 5.74) is -0.546. The van der Waals surface area contributed by atoms with Crippen LogP contribution in [0.3, 0.4) is 0 Å². The monoisotopic (exact) mass is 287 g/mol. The lowest BCUT2D eigenvalue weighted by molar-refractivity contribution is -0.146. The van der Waals surface area contributed by atoms with Gasteiger partial charge in [0, 0.05) is 13.0 Å². The number of hydrogen-bond donors (Lipinski definition) is 1. The minimum atomic E-state index is -4.46. The van der Waals surface area contributed by atoms with E-state index in [4.69, 9.17) is 5.11 Å². The number of hydrogen-bond acceptors (Lipinski definition) is 2. The third-order valence-electron chi connectivity index (χ3n) is 3.22. The van der Waals surface area contributed by atoms with Crippen LogP contribution in [-0.4, -0.2) is 27.9 Å². The molecule has 7 heteroatoms. The minimum Gasteiger partial charge on any atom is -0.480 e. The SMILES string of the molecule is O=C(O)[C@H]1CCC(=O)N1Cc1cccc(C(F)(F)F)c1. The lowest BCUT2D eigenvalue weighted by atomic mass is 10.1. The van der Waals surface area contributed by atoms with E-state index in [0.717, 1.165) is 17.0 Å². The van der Waals surface area contributed by atoms with Crippen LogP contribution in [0.25, 0.3) is 0 Å². The van der Waals surface area contributed by atoms with E-state index in [1.165, 1.54) is 12.1 Å². The first-order valence-corrected chi connectivity index (χ1v) is 5.97. The Labute approximate surface area is 112 Å². The molecule has 1 heterocycles. The molecule has 1 aliphatic rings. The van der Waals surface area contributed by atoms with Gasteiger partial charge in [0.15, 0.2) is 0 Å². The maximum Gasteiger partial charge on any atom is 0.416 e. The molecule has 1 fully saturated rings. The summed E-state index contributed by atoms with van der Waals surface area (Å²) in [5.74, 6) is -1.49. The van der Waals surface area contributed by atoms with Gasteiger partial charge in [-0.2, -0.15) is 13.2 Å². The van der Waals surface area contributed by atoms with Crippen LogP contribution in [0.15, 0.2) is 24.3 Å². The maximum absolute atomic E-state index is 12.6. The molecule has 1 aliphatic heterocycles. The number of carboxylic acids is 1. The predicted octanol–water partition coefficient (Wildman–Crippen LogP) is 2.28. The molecular formula is C13H12F3NO3. The van der Waals surface area contributed by atoms with Crippen LogP contribution in [0, 0.1) is 0 Å². The number of carbonyl (C=O) groups excluding carboxylic acids is 1. The number of benzene rings is 1. The summed E-state index contributed by atoms with van der Waals surface area (Å²) in [6.45, 7) is -0.125. The molecule has 0 aromatic heterocycles. The van der Waals surface area contributed by atoms with Crippen LogP contribution in [0.4, 0.5) is 13.2 Å². The molecule has 20 heavy (non-hydrogen) atoms. The van der Waals surface area contributed by atoms with E-state index in [1.807, 2.05) is 0 Å². The molecular weight excluding hydrogens is 275 g/mol. The van der Waals surface area contributed by atoms with Crippen LogP contribution >= 0.6 is 0 Å². The van der Waals surface area contributed by atoms with Gasteiger partial charge in [0.2, 0.25) is 5.91 Å². The quantitative estimate of drug-likeness (QED) is 0.928. The number of carbonyl (C=O) groups is 2. The summed E-state index contributed by atoms with van der Waals surface area (Å²) in [5, 5.41) is 8.99. The fourth-order valence-corrected chi connectivity index (χ4v) is 2.23. The first-order valence-electron chi connectivity index (χ1n) is 5.97. The summed E-state index contributed by atoms with van der Waals surface area (Å²) in [6, 6.07) is 3.60. The van der Waals surface area contributed by atoms with Gasteiger partial charge in [-0.15, -0.1) is 0 Å². The van der Waals surface area contributed by atoms with Gasteiger partial charge in [0.25, 0.3) is 0 Å². The summed E-state index contributed by atoms with van der Waals surface area (Å²) >= 11 is 0. The fourth-order valence-electron chi connectivity index (χ4n) is 2.23. The number of alkyl halides is 3. The Balaban J connectivity index is 2.21. The minimum absolute atomic E-state index is 0.107. The molecule has 1 saturated heterocycles. The second-order valence-electron chi connectivity index (χ2n) is 4.61. The highest BCUT2D eigenvalue weighted by molar-refractivity contribution is 5.87. The number of carboxylic acid groups (broad SMARTS) is 1. The summed E-state index contributed by atoms with van der Waals surface area (Å²) in [4.78, 5) is 23.7. The molecule has 0 saturated carbocycles. The fraction of sp³-hybridized carbons (Fsp3) is 0.385. The van der Waals surface area contributed by atoms with Gasteiger partial charge in [-0.3, -0.25) is 4.79 Å². The molecule has 108 valence electrons. The Hall–Kier alpha value is -2.05. The lowest BCUT2D eigenvalue weighted by Gasteiger charge is -2.22.